The third kappa shape index (κ3) is 1.68. The molecule has 1 aliphatic rings. The predicted octanol–water partition coefficient (Wildman–Crippen LogP) is 0.821. The minimum absolute atomic E-state index is 0.135. The summed E-state index contributed by atoms with van der Waals surface area (Å²) in [4.78, 5) is 17.2. The lowest BCUT2D eigenvalue weighted by atomic mass is 10.1. The van der Waals surface area contributed by atoms with Crippen LogP contribution in [-0.4, -0.2) is 27.6 Å². The quantitative estimate of drug-likeness (QED) is 0.743. The van der Waals surface area contributed by atoms with Crippen LogP contribution >= 0.6 is 24.2 Å². The first-order chi connectivity index (χ1) is 6.31. The summed E-state index contributed by atoms with van der Waals surface area (Å²) in [6, 6.07) is 0. The smallest absolute Gasteiger partial charge is 0.229 e. The van der Waals surface area contributed by atoms with Crippen LogP contribution in [0.5, 0.6) is 0 Å². The number of carbonyl (C=O) groups is 1. The molecule has 1 aromatic heterocycles. The molecule has 0 aliphatic carbocycles. The standard InChI is InChI=1S/C7H9N3OS2/c11-6-1-5(3-12)2-10(6)7-8-4-9-13-7/h4-5,12H,1-3H2. The van der Waals surface area contributed by atoms with Gasteiger partial charge in [-0.05, 0) is 11.7 Å². The van der Waals surface area contributed by atoms with Gasteiger partial charge in [-0.15, -0.1) is 0 Å². The molecular weight excluding hydrogens is 206 g/mol. The van der Waals surface area contributed by atoms with E-state index in [4.69, 9.17) is 0 Å². The average Bonchev–Trinajstić information content (AvgIpc) is 2.72. The number of carbonyl (C=O) groups excluding carboxylic acids is 1. The minimum atomic E-state index is 0.135. The van der Waals surface area contributed by atoms with Gasteiger partial charge in [-0.2, -0.15) is 17.0 Å². The maximum absolute atomic E-state index is 11.5. The fourth-order valence-electron chi connectivity index (χ4n) is 1.37. The molecule has 1 aromatic rings. The van der Waals surface area contributed by atoms with E-state index in [0.717, 1.165) is 12.3 Å². The number of nitrogens with zero attached hydrogens (tertiary/aromatic N) is 3. The van der Waals surface area contributed by atoms with Gasteiger partial charge in [0, 0.05) is 24.5 Å². The van der Waals surface area contributed by atoms with Crippen molar-refractivity contribution in [1.82, 2.24) is 9.36 Å². The van der Waals surface area contributed by atoms with Crippen molar-refractivity contribution in [2.45, 2.75) is 6.42 Å². The highest BCUT2D eigenvalue weighted by atomic mass is 32.1. The number of hydrogen-bond donors (Lipinski definition) is 1. The maximum Gasteiger partial charge on any atom is 0.229 e. The molecule has 0 bridgehead atoms. The summed E-state index contributed by atoms with van der Waals surface area (Å²) in [7, 11) is 0. The number of hydrogen-bond acceptors (Lipinski definition) is 5. The zero-order valence-electron chi connectivity index (χ0n) is 6.88. The van der Waals surface area contributed by atoms with E-state index in [1.165, 1.54) is 17.9 Å². The number of amides is 1. The van der Waals surface area contributed by atoms with E-state index in [1.54, 1.807) is 4.90 Å². The van der Waals surface area contributed by atoms with Crippen LogP contribution in [0.15, 0.2) is 6.33 Å². The van der Waals surface area contributed by atoms with Crippen LogP contribution in [0.3, 0.4) is 0 Å². The summed E-state index contributed by atoms with van der Waals surface area (Å²) >= 11 is 5.44. The van der Waals surface area contributed by atoms with Gasteiger partial charge in [-0.1, -0.05) is 0 Å². The number of anilines is 1. The molecule has 4 nitrogen and oxygen atoms in total. The van der Waals surface area contributed by atoms with Crippen LogP contribution in [-0.2, 0) is 4.79 Å². The second kappa shape index (κ2) is 3.63. The van der Waals surface area contributed by atoms with E-state index in [0.29, 0.717) is 17.5 Å². The lowest BCUT2D eigenvalue weighted by Gasteiger charge is -2.10. The Balaban J connectivity index is 2.14. The molecule has 1 unspecified atom stereocenters. The predicted molar refractivity (Wildman–Crippen MR) is 54.2 cm³/mol. The van der Waals surface area contributed by atoms with Gasteiger partial charge in [0.1, 0.15) is 6.33 Å². The first-order valence-corrected chi connectivity index (χ1v) is 5.39. The number of thiol groups is 1. The molecule has 1 atom stereocenters. The molecule has 2 rings (SSSR count). The number of aromatic nitrogens is 2. The monoisotopic (exact) mass is 215 g/mol. The summed E-state index contributed by atoms with van der Waals surface area (Å²) in [5.41, 5.74) is 0. The Hall–Kier alpha value is -0.620. The second-order valence-corrected chi connectivity index (χ2v) is 4.10. The minimum Gasteiger partial charge on any atom is -0.287 e. The first kappa shape index (κ1) is 8.96. The molecule has 6 heteroatoms. The van der Waals surface area contributed by atoms with Crippen molar-refractivity contribution in [3.8, 4) is 0 Å². The van der Waals surface area contributed by atoms with E-state index < -0.39 is 0 Å². The Morgan fingerprint density at radius 3 is 3.15 bits per heavy atom. The molecule has 13 heavy (non-hydrogen) atoms. The van der Waals surface area contributed by atoms with Crippen molar-refractivity contribution in [1.29, 1.82) is 0 Å². The maximum atomic E-state index is 11.5. The molecule has 0 N–H and O–H groups in total. The zero-order valence-corrected chi connectivity index (χ0v) is 8.59. The zero-order chi connectivity index (χ0) is 9.26. The molecule has 1 amide bonds. The van der Waals surface area contributed by atoms with E-state index in [9.17, 15) is 4.79 Å². The SMILES string of the molecule is O=C1CC(CS)CN1c1ncns1. The molecule has 0 aromatic carbocycles. The molecule has 0 radical (unpaired) electrons. The van der Waals surface area contributed by atoms with Gasteiger partial charge in [-0.25, -0.2) is 4.98 Å². The van der Waals surface area contributed by atoms with Gasteiger partial charge in [0.05, 0.1) is 0 Å². The van der Waals surface area contributed by atoms with Crippen molar-refractivity contribution in [2.24, 2.45) is 5.92 Å². The topological polar surface area (TPSA) is 46.1 Å². The van der Waals surface area contributed by atoms with Gasteiger partial charge < -0.3 is 0 Å². The second-order valence-electron chi connectivity index (χ2n) is 2.98. The largest absolute Gasteiger partial charge is 0.287 e. The van der Waals surface area contributed by atoms with E-state index in [-0.39, 0.29) is 5.91 Å². The van der Waals surface area contributed by atoms with Gasteiger partial charge >= 0.3 is 0 Å². The highest BCUT2D eigenvalue weighted by Gasteiger charge is 2.31. The summed E-state index contributed by atoms with van der Waals surface area (Å²) in [5, 5.41) is 0.703. The molecular formula is C7H9N3OS2. The van der Waals surface area contributed by atoms with E-state index in [2.05, 4.69) is 22.0 Å². The van der Waals surface area contributed by atoms with Gasteiger partial charge in [0.25, 0.3) is 0 Å². The molecule has 2 heterocycles. The van der Waals surface area contributed by atoms with Crippen molar-refractivity contribution < 1.29 is 4.79 Å². The molecule has 0 saturated carbocycles. The fraction of sp³-hybridized carbons (Fsp3) is 0.571. The molecule has 1 fully saturated rings. The molecule has 1 aliphatic heterocycles. The van der Waals surface area contributed by atoms with E-state index >= 15 is 0 Å². The lowest BCUT2D eigenvalue weighted by molar-refractivity contribution is -0.117. The molecule has 70 valence electrons. The van der Waals surface area contributed by atoms with Crippen molar-refractivity contribution in [3.05, 3.63) is 6.33 Å². The van der Waals surface area contributed by atoms with Crippen LogP contribution in [0.25, 0.3) is 0 Å². The Morgan fingerprint density at radius 2 is 2.62 bits per heavy atom. The Morgan fingerprint density at radius 1 is 1.77 bits per heavy atom. The summed E-state index contributed by atoms with van der Waals surface area (Å²) in [5.74, 6) is 1.25. The molecule has 0 spiro atoms. The van der Waals surface area contributed by atoms with Gasteiger partial charge in [0.15, 0.2) is 0 Å². The lowest BCUT2D eigenvalue weighted by Crippen LogP contribution is -2.24. The molecule has 1 saturated heterocycles. The van der Waals surface area contributed by atoms with Crippen LogP contribution in [0, 0.1) is 5.92 Å². The van der Waals surface area contributed by atoms with Crippen molar-refractivity contribution in [2.75, 3.05) is 17.2 Å². The van der Waals surface area contributed by atoms with Crippen molar-refractivity contribution >= 4 is 35.2 Å². The Labute approximate surface area is 85.5 Å². The highest BCUT2D eigenvalue weighted by Crippen LogP contribution is 2.25. The van der Waals surface area contributed by atoms with Gasteiger partial charge in [0.2, 0.25) is 11.0 Å². The van der Waals surface area contributed by atoms with Gasteiger partial charge in [-0.3, -0.25) is 9.69 Å². The Bertz CT molecular complexity index is 301. The van der Waals surface area contributed by atoms with Crippen LogP contribution in [0.4, 0.5) is 5.13 Å². The first-order valence-electron chi connectivity index (χ1n) is 3.99. The summed E-state index contributed by atoms with van der Waals surface area (Å²) < 4.78 is 3.87. The highest BCUT2D eigenvalue weighted by molar-refractivity contribution is 7.80. The van der Waals surface area contributed by atoms with Crippen molar-refractivity contribution in [3.63, 3.8) is 0 Å². The van der Waals surface area contributed by atoms with Crippen LogP contribution in [0.2, 0.25) is 0 Å². The fourth-order valence-corrected chi connectivity index (χ4v) is 2.18. The third-order valence-electron chi connectivity index (χ3n) is 2.04. The summed E-state index contributed by atoms with van der Waals surface area (Å²) in [6.45, 7) is 0.734. The summed E-state index contributed by atoms with van der Waals surface area (Å²) in [6.07, 6.45) is 2.06. The third-order valence-corrected chi connectivity index (χ3v) is 3.25. The van der Waals surface area contributed by atoms with Crippen LogP contribution < -0.4 is 4.90 Å². The van der Waals surface area contributed by atoms with E-state index in [1.807, 2.05) is 0 Å². The number of rotatable bonds is 2. The average molecular weight is 215 g/mol. The Kier molecular flexibility index (Phi) is 2.50. The normalized spacial score (nSPS) is 22.7. The van der Waals surface area contributed by atoms with Crippen LogP contribution in [0.1, 0.15) is 6.42 Å².